The number of para-hydroxylation sites is 1. The molecule has 1 aromatic carbocycles. The molecule has 3 rings (SSSR count). The minimum Gasteiger partial charge on any atom is -0.496 e. The van der Waals surface area contributed by atoms with E-state index in [1.807, 2.05) is 35.7 Å². The van der Waals surface area contributed by atoms with Crippen molar-refractivity contribution in [1.29, 1.82) is 0 Å². The van der Waals surface area contributed by atoms with Crippen molar-refractivity contribution >= 4 is 28.2 Å². The number of carbonyl (C=O) groups is 1. The number of thiophene rings is 1. The maximum Gasteiger partial charge on any atom is 0.284 e. The highest BCUT2D eigenvalue weighted by Gasteiger charge is 2.17. The third-order valence-corrected chi connectivity index (χ3v) is 4.39. The minimum atomic E-state index is -0.111. The molecule has 0 bridgehead atoms. The van der Waals surface area contributed by atoms with Crippen LogP contribution in [0.1, 0.15) is 9.67 Å². The summed E-state index contributed by atoms with van der Waals surface area (Å²) in [5.41, 5.74) is 0.697. The van der Waals surface area contributed by atoms with Crippen LogP contribution in [0.3, 0.4) is 0 Å². The van der Waals surface area contributed by atoms with Gasteiger partial charge in [0.2, 0.25) is 5.12 Å². The molecule has 7 heteroatoms. The molecule has 0 saturated carbocycles. The maximum atomic E-state index is 12.0. The van der Waals surface area contributed by atoms with Crippen LogP contribution in [-0.4, -0.2) is 22.4 Å². The van der Waals surface area contributed by atoms with Crippen molar-refractivity contribution in [2.75, 3.05) is 7.11 Å². The van der Waals surface area contributed by atoms with Gasteiger partial charge in [0.1, 0.15) is 5.75 Å². The highest BCUT2D eigenvalue weighted by Crippen LogP contribution is 2.31. The summed E-state index contributed by atoms with van der Waals surface area (Å²) in [5, 5.41) is 9.81. The monoisotopic (exact) mass is 318 g/mol. The summed E-state index contributed by atoms with van der Waals surface area (Å²) in [6.45, 7) is 0. The van der Waals surface area contributed by atoms with Crippen molar-refractivity contribution < 1.29 is 13.9 Å². The third kappa shape index (κ3) is 2.98. The molecule has 21 heavy (non-hydrogen) atoms. The lowest BCUT2D eigenvalue weighted by molar-refractivity contribution is 0.109. The quantitative estimate of drug-likeness (QED) is 0.683. The van der Waals surface area contributed by atoms with Crippen molar-refractivity contribution in [2.45, 2.75) is 5.22 Å². The number of benzene rings is 1. The Morgan fingerprint density at radius 2 is 2.10 bits per heavy atom. The van der Waals surface area contributed by atoms with Gasteiger partial charge in [-0.05, 0) is 23.6 Å². The van der Waals surface area contributed by atoms with Crippen molar-refractivity contribution in [2.24, 2.45) is 0 Å². The molecule has 0 spiro atoms. The predicted octanol–water partition coefficient (Wildman–Crippen LogP) is 3.74. The Morgan fingerprint density at radius 3 is 2.86 bits per heavy atom. The highest BCUT2D eigenvalue weighted by molar-refractivity contribution is 8.14. The summed E-state index contributed by atoms with van der Waals surface area (Å²) in [6, 6.07) is 10.9. The van der Waals surface area contributed by atoms with E-state index in [-0.39, 0.29) is 10.3 Å². The maximum absolute atomic E-state index is 12.0. The molecule has 2 heterocycles. The van der Waals surface area contributed by atoms with E-state index in [1.165, 1.54) is 11.3 Å². The molecule has 106 valence electrons. The fraction of sp³-hybridized carbons (Fsp3) is 0.0714. The third-order valence-electron chi connectivity index (χ3n) is 2.65. The number of aromatic nitrogens is 2. The summed E-state index contributed by atoms with van der Waals surface area (Å²) >= 11 is 2.30. The topological polar surface area (TPSA) is 65.2 Å². The molecule has 0 atom stereocenters. The van der Waals surface area contributed by atoms with Crippen LogP contribution in [-0.2, 0) is 0 Å². The Bertz CT molecular complexity index is 753. The van der Waals surface area contributed by atoms with E-state index in [0.29, 0.717) is 22.1 Å². The predicted molar refractivity (Wildman–Crippen MR) is 80.8 cm³/mol. The average molecular weight is 318 g/mol. The van der Waals surface area contributed by atoms with Gasteiger partial charge >= 0.3 is 0 Å². The van der Waals surface area contributed by atoms with Gasteiger partial charge in [-0.1, -0.05) is 18.2 Å². The fourth-order valence-electron chi connectivity index (χ4n) is 1.71. The van der Waals surface area contributed by atoms with Crippen LogP contribution in [0.25, 0.3) is 11.5 Å². The number of hydrogen-bond acceptors (Lipinski definition) is 7. The molecule has 0 N–H and O–H groups in total. The Kier molecular flexibility index (Phi) is 4.03. The Hall–Kier alpha value is -2.12. The van der Waals surface area contributed by atoms with Crippen LogP contribution in [0, 0.1) is 0 Å². The molecule has 3 aromatic rings. The zero-order valence-electron chi connectivity index (χ0n) is 11.0. The molecule has 2 aromatic heterocycles. The smallest absolute Gasteiger partial charge is 0.284 e. The molecule has 0 amide bonds. The summed E-state index contributed by atoms with van der Waals surface area (Å²) < 4.78 is 10.8. The van der Waals surface area contributed by atoms with Gasteiger partial charge in [-0.15, -0.1) is 21.5 Å². The second kappa shape index (κ2) is 6.11. The van der Waals surface area contributed by atoms with Crippen molar-refractivity contribution in [3.8, 4) is 17.2 Å². The molecule has 5 nitrogen and oxygen atoms in total. The van der Waals surface area contributed by atoms with Crippen LogP contribution >= 0.6 is 23.1 Å². The SMILES string of the molecule is COc1ccccc1-c1nnc(SC(=O)c2cccs2)o1. The molecule has 0 radical (unpaired) electrons. The summed E-state index contributed by atoms with van der Waals surface area (Å²) in [4.78, 5) is 12.6. The van der Waals surface area contributed by atoms with Crippen molar-refractivity contribution in [3.05, 3.63) is 46.7 Å². The van der Waals surface area contributed by atoms with E-state index in [4.69, 9.17) is 9.15 Å². The van der Waals surface area contributed by atoms with E-state index < -0.39 is 0 Å². The minimum absolute atomic E-state index is 0.111. The van der Waals surface area contributed by atoms with E-state index >= 15 is 0 Å². The van der Waals surface area contributed by atoms with Gasteiger partial charge in [0.25, 0.3) is 11.1 Å². The lowest BCUT2D eigenvalue weighted by atomic mass is 10.2. The van der Waals surface area contributed by atoms with E-state index in [9.17, 15) is 4.79 Å². The van der Waals surface area contributed by atoms with Gasteiger partial charge in [0.05, 0.1) is 17.6 Å². The Labute approximate surface area is 129 Å². The van der Waals surface area contributed by atoms with Crippen LogP contribution in [0.15, 0.2) is 51.4 Å². The van der Waals surface area contributed by atoms with Gasteiger partial charge in [0, 0.05) is 11.8 Å². The normalized spacial score (nSPS) is 10.5. The number of carbonyl (C=O) groups excluding carboxylic acids is 1. The standard InChI is InChI=1S/C14H10N2O3S2/c1-18-10-6-3-2-5-9(10)12-15-16-14(19-12)21-13(17)11-7-4-8-20-11/h2-8H,1H3. The van der Waals surface area contributed by atoms with Gasteiger partial charge in [-0.3, -0.25) is 4.79 Å². The molecular formula is C14H10N2O3S2. The van der Waals surface area contributed by atoms with Crippen LogP contribution in [0.2, 0.25) is 0 Å². The van der Waals surface area contributed by atoms with Gasteiger partial charge < -0.3 is 9.15 Å². The highest BCUT2D eigenvalue weighted by atomic mass is 32.2. The number of thioether (sulfide) groups is 1. The fourth-order valence-corrected chi connectivity index (χ4v) is 3.06. The van der Waals surface area contributed by atoms with E-state index in [2.05, 4.69) is 10.2 Å². The van der Waals surface area contributed by atoms with Crippen LogP contribution in [0.5, 0.6) is 5.75 Å². The summed E-state index contributed by atoms with van der Waals surface area (Å²) in [6.07, 6.45) is 0. The summed E-state index contributed by atoms with van der Waals surface area (Å²) in [7, 11) is 1.57. The number of hydrogen-bond donors (Lipinski definition) is 0. The van der Waals surface area contributed by atoms with E-state index in [0.717, 1.165) is 11.8 Å². The number of nitrogens with zero attached hydrogens (tertiary/aromatic N) is 2. The first-order valence-electron chi connectivity index (χ1n) is 6.00. The molecule has 0 saturated heterocycles. The van der Waals surface area contributed by atoms with Gasteiger partial charge in [-0.25, -0.2) is 0 Å². The largest absolute Gasteiger partial charge is 0.496 e. The average Bonchev–Trinajstić information content (AvgIpc) is 3.18. The van der Waals surface area contributed by atoms with Crippen LogP contribution in [0.4, 0.5) is 0 Å². The van der Waals surface area contributed by atoms with E-state index in [1.54, 1.807) is 13.2 Å². The van der Waals surface area contributed by atoms with Gasteiger partial charge in [-0.2, -0.15) is 0 Å². The van der Waals surface area contributed by atoms with Crippen molar-refractivity contribution in [1.82, 2.24) is 10.2 Å². The van der Waals surface area contributed by atoms with Crippen molar-refractivity contribution in [3.63, 3.8) is 0 Å². The molecule has 0 aliphatic carbocycles. The summed E-state index contributed by atoms with van der Waals surface area (Å²) in [5.74, 6) is 0.969. The zero-order valence-corrected chi connectivity index (χ0v) is 12.6. The first kappa shape index (κ1) is 13.8. The number of rotatable bonds is 4. The molecule has 0 unspecified atom stereocenters. The Balaban J connectivity index is 1.82. The molecular weight excluding hydrogens is 308 g/mol. The van der Waals surface area contributed by atoms with Gasteiger partial charge in [0.15, 0.2) is 0 Å². The second-order valence-corrected chi connectivity index (χ2v) is 5.81. The second-order valence-electron chi connectivity index (χ2n) is 3.94. The molecule has 0 aliphatic heterocycles. The lowest BCUT2D eigenvalue weighted by Gasteiger charge is -2.03. The Morgan fingerprint density at radius 1 is 1.24 bits per heavy atom. The zero-order chi connectivity index (χ0) is 14.7. The van der Waals surface area contributed by atoms with Crippen LogP contribution < -0.4 is 4.74 Å². The first-order chi connectivity index (χ1) is 10.3. The lowest BCUT2D eigenvalue weighted by Crippen LogP contribution is -1.88. The number of methoxy groups -OCH3 is 1. The molecule has 0 aliphatic rings. The molecule has 0 fully saturated rings. The first-order valence-corrected chi connectivity index (χ1v) is 7.70. The number of ether oxygens (including phenoxy) is 1.